The zero-order valence-electron chi connectivity index (χ0n) is 14.4. The molecular weight excluding hydrogens is 338 g/mol. The fourth-order valence-corrected chi connectivity index (χ4v) is 4.73. The Morgan fingerprint density at radius 3 is 2.44 bits per heavy atom. The molecule has 3 aliphatic rings. The Labute approximate surface area is 151 Å². The Hall–Kier alpha value is -1.57. The van der Waals surface area contributed by atoms with E-state index in [2.05, 4.69) is 20.7 Å². The molecule has 1 aromatic heterocycles. The van der Waals surface area contributed by atoms with Crippen LogP contribution in [0.5, 0.6) is 0 Å². The zero-order chi connectivity index (χ0) is 17.2. The first-order valence-corrected chi connectivity index (χ1v) is 10.5. The van der Waals surface area contributed by atoms with Gasteiger partial charge in [-0.1, -0.05) is 0 Å². The molecule has 0 aromatic carbocycles. The number of nitrogens with zero attached hydrogens (tertiary/aromatic N) is 3. The lowest BCUT2D eigenvalue weighted by atomic mass is 9.85. The lowest BCUT2D eigenvalue weighted by molar-refractivity contribution is -0.136. The van der Waals surface area contributed by atoms with Crippen LogP contribution in [0.2, 0.25) is 0 Å². The molecule has 25 heavy (non-hydrogen) atoms. The second kappa shape index (κ2) is 7.35. The molecule has 0 atom stereocenters. The first-order chi connectivity index (χ1) is 12.2. The SMILES string of the molecule is O=C(NC1CCC(C(=O)N2CCSCC2)CC1)c1n[nH]nc1C1CC1. The maximum absolute atomic E-state index is 12.6. The molecule has 2 N–H and O–H groups in total. The number of carbonyl (C=O) groups is 2. The molecule has 1 aromatic rings. The number of carbonyl (C=O) groups excluding carboxylic acids is 2. The number of hydrogen-bond donors (Lipinski definition) is 2. The minimum absolute atomic E-state index is 0.126. The minimum atomic E-state index is -0.126. The van der Waals surface area contributed by atoms with E-state index in [-0.39, 0.29) is 17.9 Å². The monoisotopic (exact) mass is 363 g/mol. The van der Waals surface area contributed by atoms with Crippen molar-refractivity contribution < 1.29 is 9.59 Å². The smallest absolute Gasteiger partial charge is 0.273 e. The second-order valence-corrected chi connectivity index (χ2v) is 8.52. The maximum Gasteiger partial charge on any atom is 0.273 e. The molecule has 0 unspecified atom stereocenters. The molecule has 0 spiro atoms. The predicted molar refractivity (Wildman–Crippen MR) is 95.5 cm³/mol. The summed E-state index contributed by atoms with van der Waals surface area (Å²) in [7, 11) is 0. The van der Waals surface area contributed by atoms with E-state index in [0.717, 1.165) is 68.8 Å². The van der Waals surface area contributed by atoms with Crippen molar-refractivity contribution >= 4 is 23.6 Å². The van der Waals surface area contributed by atoms with Crippen molar-refractivity contribution in [1.29, 1.82) is 0 Å². The summed E-state index contributed by atoms with van der Waals surface area (Å²) in [6.45, 7) is 1.77. The van der Waals surface area contributed by atoms with E-state index in [1.165, 1.54) is 0 Å². The average molecular weight is 363 g/mol. The normalized spacial score (nSPS) is 27.1. The highest BCUT2D eigenvalue weighted by Crippen LogP contribution is 2.40. The number of H-pyrrole nitrogens is 1. The van der Waals surface area contributed by atoms with Crippen molar-refractivity contribution in [2.24, 2.45) is 5.92 Å². The standard InChI is InChI=1S/C17H25N5O2S/c23-16(15-14(11-1-2-11)19-21-20-15)18-13-5-3-12(4-6-13)17(24)22-7-9-25-10-8-22/h11-13H,1-10H2,(H,18,23)(H,19,20,21). The molecule has 1 saturated heterocycles. The van der Waals surface area contributed by atoms with Crippen molar-refractivity contribution in [2.45, 2.75) is 50.5 Å². The van der Waals surface area contributed by atoms with Gasteiger partial charge < -0.3 is 10.2 Å². The fourth-order valence-electron chi connectivity index (χ4n) is 3.83. The molecule has 2 heterocycles. The Bertz CT molecular complexity index is 631. The van der Waals surface area contributed by atoms with Gasteiger partial charge in [0.25, 0.3) is 5.91 Å². The Morgan fingerprint density at radius 1 is 1.04 bits per heavy atom. The fraction of sp³-hybridized carbons (Fsp3) is 0.765. The van der Waals surface area contributed by atoms with Crippen LogP contribution in [0.25, 0.3) is 0 Å². The summed E-state index contributed by atoms with van der Waals surface area (Å²) in [5, 5.41) is 13.8. The molecule has 136 valence electrons. The van der Waals surface area contributed by atoms with E-state index in [1.54, 1.807) is 0 Å². The molecule has 0 bridgehead atoms. The van der Waals surface area contributed by atoms with Crippen LogP contribution in [-0.4, -0.2) is 62.8 Å². The number of rotatable bonds is 4. The van der Waals surface area contributed by atoms with Gasteiger partial charge in [-0.25, -0.2) is 0 Å². The van der Waals surface area contributed by atoms with Crippen LogP contribution in [0.4, 0.5) is 0 Å². The van der Waals surface area contributed by atoms with Crippen LogP contribution in [0.1, 0.15) is 60.6 Å². The summed E-state index contributed by atoms with van der Waals surface area (Å²) in [6.07, 6.45) is 5.64. The molecule has 4 rings (SSSR count). The van der Waals surface area contributed by atoms with E-state index in [9.17, 15) is 9.59 Å². The van der Waals surface area contributed by atoms with E-state index in [1.807, 2.05) is 16.7 Å². The summed E-state index contributed by atoms with van der Waals surface area (Å²) in [5.41, 5.74) is 1.26. The molecule has 2 aliphatic carbocycles. The molecule has 3 fully saturated rings. The van der Waals surface area contributed by atoms with Crippen LogP contribution in [0.3, 0.4) is 0 Å². The summed E-state index contributed by atoms with van der Waals surface area (Å²) < 4.78 is 0. The van der Waals surface area contributed by atoms with Gasteiger partial charge in [0, 0.05) is 42.5 Å². The van der Waals surface area contributed by atoms with Gasteiger partial charge in [0.05, 0.1) is 5.69 Å². The topological polar surface area (TPSA) is 91.0 Å². The summed E-state index contributed by atoms with van der Waals surface area (Å²) in [5.74, 6) is 2.83. The van der Waals surface area contributed by atoms with Crippen molar-refractivity contribution in [2.75, 3.05) is 24.6 Å². The lowest BCUT2D eigenvalue weighted by Crippen LogP contribution is -2.44. The summed E-state index contributed by atoms with van der Waals surface area (Å²) in [6, 6.07) is 0.136. The Kier molecular flexibility index (Phi) is 4.96. The van der Waals surface area contributed by atoms with E-state index < -0.39 is 0 Å². The van der Waals surface area contributed by atoms with Gasteiger partial charge in [-0.05, 0) is 38.5 Å². The number of nitrogens with one attached hydrogen (secondary N) is 2. The van der Waals surface area contributed by atoms with Gasteiger partial charge in [0.1, 0.15) is 0 Å². The third-order valence-electron chi connectivity index (χ3n) is 5.49. The van der Waals surface area contributed by atoms with Gasteiger partial charge in [0.15, 0.2) is 5.69 Å². The van der Waals surface area contributed by atoms with Gasteiger partial charge in [0.2, 0.25) is 5.91 Å². The summed E-state index contributed by atoms with van der Waals surface area (Å²) >= 11 is 1.92. The number of thioether (sulfide) groups is 1. The highest BCUT2D eigenvalue weighted by molar-refractivity contribution is 7.99. The van der Waals surface area contributed by atoms with Crippen LogP contribution in [0.15, 0.2) is 0 Å². The first kappa shape index (κ1) is 16.9. The first-order valence-electron chi connectivity index (χ1n) is 9.30. The minimum Gasteiger partial charge on any atom is -0.348 e. The largest absolute Gasteiger partial charge is 0.348 e. The van der Waals surface area contributed by atoms with E-state index >= 15 is 0 Å². The average Bonchev–Trinajstić information content (AvgIpc) is 3.38. The number of aromatic amines is 1. The number of amides is 2. The third kappa shape index (κ3) is 3.83. The number of hydrogen-bond acceptors (Lipinski definition) is 5. The maximum atomic E-state index is 12.6. The molecule has 1 aliphatic heterocycles. The molecular formula is C17H25N5O2S. The van der Waals surface area contributed by atoms with Crippen LogP contribution in [0, 0.1) is 5.92 Å². The van der Waals surface area contributed by atoms with Crippen LogP contribution < -0.4 is 5.32 Å². The highest BCUT2D eigenvalue weighted by atomic mass is 32.2. The molecule has 7 nitrogen and oxygen atoms in total. The van der Waals surface area contributed by atoms with Crippen LogP contribution >= 0.6 is 11.8 Å². The molecule has 2 saturated carbocycles. The van der Waals surface area contributed by atoms with E-state index in [4.69, 9.17) is 0 Å². The quantitative estimate of drug-likeness (QED) is 0.847. The lowest BCUT2D eigenvalue weighted by Gasteiger charge is -2.34. The number of aromatic nitrogens is 3. The van der Waals surface area contributed by atoms with Crippen molar-refractivity contribution in [1.82, 2.24) is 25.6 Å². The molecule has 8 heteroatoms. The molecule has 2 amide bonds. The van der Waals surface area contributed by atoms with Crippen LogP contribution in [-0.2, 0) is 4.79 Å². The Balaban J connectivity index is 1.27. The van der Waals surface area contributed by atoms with Gasteiger partial charge in [-0.2, -0.15) is 27.2 Å². The highest BCUT2D eigenvalue weighted by Gasteiger charge is 2.34. The zero-order valence-corrected chi connectivity index (χ0v) is 15.2. The summed E-state index contributed by atoms with van der Waals surface area (Å²) in [4.78, 5) is 27.1. The predicted octanol–water partition coefficient (Wildman–Crippen LogP) is 1.55. The molecule has 0 radical (unpaired) electrons. The second-order valence-electron chi connectivity index (χ2n) is 7.29. The van der Waals surface area contributed by atoms with Gasteiger partial charge in [-0.15, -0.1) is 0 Å². The van der Waals surface area contributed by atoms with Crippen molar-refractivity contribution in [3.63, 3.8) is 0 Å². The van der Waals surface area contributed by atoms with Gasteiger partial charge >= 0.3 is 0 Å². The van der Waals surface area contributed by atoms with E-state index in [0.29, 0.717) is 17.5 Å². The Morgan fingerprint density at radius 2 is 1.76 bits per heavy atom. The van der Waals surface area contributed by atoms with Crippen molar-refractivity contribution in [3.05, 3.63) is 11.4 Å². The van der Waals surface area contributed by atoms with Crippen molar-refractivity contribution in [3.8, 4) is 0 Å². The van der Waals surface area contributed by atoms with Gasteiger partial charge in [-0.3, -0.25) is 9.59 Å². The third-order valence-corrected chi connectivity index (χ3v) is 6.43.